The molecule has 68 valence electrons. The molecular formula is C4H4Br6O. The summed E-state index contributed by atoms with van der Waals surface area (Å²) in [6.45, 7) is 1.02. The number of hydrogen-bond acceptors (Lipinski definition) is 1. The molecule has 0 saturated heterocycles. The molecule has 0 aliphatic rings. The molecule has 0 unspecified atom stereocenters. The topological polar surface area (TPSA) is 9.23 Å². The van der Waals surface area contributed by atoms with Crippen molar-refractivity contribution in [1.82, 2.24) is 0 Å². The summed E-state index contributed by atoms with van der Waals surface area (Å²) in [5.74, 6) is 0. The van der Waals surface area contributed by atoms with Crippen LogP contribution in [-0.2, 0) is 4.74 Å². The van der Waals surface area contributed by atoms with Crippen LogP contribution >= 0.6 is 95.6 Å². The van der Waals surface area contributed by atoms with Gasteiger partial charge < -0.3 is 4.74 Å². The molecule has 0 aromatic heterocycles. The Hall–Kier alpha value is 2.84. The van der Waals surface area contributed by atoms with E-state index in [1.807, 2.05) is 0 Å². The van der Waals surface area contributed by atoms with Crippen molar-refractivity contribution in [3.05, 3.63) is 0 Å². The van der Waals surface area contributed by atoms with Crippen LogP contribution in [-0.4, -0.2) is 17.5 Å². The van der Waals surface area contributed by atoms with E-state index in [0.717, 1.165) is 0 Å². The van der Waals surface area contributed by atoms with Gasteiger partial charge in [0, 0.05) is 0 Å². The molecule has 0 bridgehead atoms. The lowest BCUT2D eigenvalue weighted by Gasteiger charge is -2.16. The fourth-order valence-electron chi connectivity index (χ4n) is 0.282. The van der Waals surface area contributed by atoms with Gasteiger partial charge >= 0.3 is 0 Å². The smallest absolute Gasteiger partial charge is 0.158 e. The minimum absolute atomic E-state index is 0.328. The maximum Gasteiger partial charge on any atom is 0.158 e. The summed E-state index contributed by atoms with van der Waals surface area (Å²) in [5.41, 5.74) is 0. The molecule has 0 amide bonds. The molecule has 7 heteroatoms. The van der Waals surface area contributed by atoms with Gasteiger partial charge in [0.05, 0.1) is 13.2 Å². The predicted octanol–water partition coefficient (Wildman–Crippen LogP) is 4.68. The molecule has 0 atom stereocenters. The van der Waals surface area contributed by atoms with Crippen LogP contribution in [0.4, 0.5) is 0 Å². The van der Waals surface area contributed by atoms with E-state index in [0.29, 0.717) is 13.2 Å². The highest BCUT2D eigenvalue weighted by molar-refractivity contribution is 9.39. The molecular weight excluding hydrogens is 543 g/mol. The van der Waals surface area contributed by atoms with Gasteiger partial charge in [-0.15, -0.1) is 0 Å². The summed E-state index contributed by atoms with van der Waals surface area (Å²) in [6, 6.07) is 0. The Balaban J connectivity index is 3.44. The van der Waals surface area contributed by atoms with Crippen LogP contribution in [0, 0.1) is 0 Å². The Morgan fingerprint density at radius 2 is 1.00 bits per heavy atom. The lowest BCUT2D eigenvalue weighted by atomic mass is 10.8. The van der Waals surface area contributed by atoms with Crippen molar-refractivity contribution in [2.24, 2.45) is 0 Å². The predicted molar refractivity (Wildman–Crippen MR) is 69.8 cm³/mol. The molecule has 0 saturated carbocycles. The summed E-state index contributed by atoms with van der Waals surface area (Å²) < 4.78 is 4.62. The molecule has 11 heavy (non-hydrogen) atoms. The van der Waals surface area contributed by atoms with Crippen LogP contribution in [0.25, 0.3) is 0 Å². The molecule has 0 aromatic rings. The molecule has 0 heterocycles. The third-order valence-electron chi connectivity index (χ3n) is 0.531. The first-order valence-corrected chi connectivity index (χ1v) is 7.18. The third kappa shape index (κ3) is 12.8. The van der Waals surface area contributed by atoms with Crippen molar-refractivity contribution in [1.29, 1.82) is 0 Å². The minimum Gasteiger partial charge on any atom is -0.375 e. The molecule has 0 aliphatic carbocycles. The zero-order valence-electron chi connectivity index (χ0n) is 5.09. The second-order valence-corrected chi connectivity index (χ2v) is 16.2. The largest absolute Gasteiger partial charge is 0.375 e. The van der Waals surface area contributed by atoms with Crippen molar-refractivity contribution < 1.29 is 4.74 Å². The molecule has 0 N–H and O–H groups in total. The molecule has 0 fully saturated rings. The van der Waals surface area contributed by atoms with E-state index in [2.05, 4.69) is 95.6 Å². The van der Waals surface area contributed by atoms with Gasteiger partial charge in [-0.2, -0.15) is 0 Å². The number of rotatable bonds is 2. The normalized spacial score (nSPS) is 13.6. The number of ether oxygens (including phenoxy) is 1. The lowest BCUT2D eigenvalue weighted by Crippen LogP contribution is -2.17. The van der Waals surface area contributed by atoms with Gasteiger partial charge in [0.25, 0.3) is 0 Å². The van der Waals surface area contributed by atoms with Gasteiger partial charge in [-0.05, 0) is 0 Å². The molecule has 0 aromatic carbocycles. The number of hydrogen-bond donors (Lipinski definition) is 0. The summed E-state index contributed by atoms with van der Waals surface area (Å²) in [4.78, 5) is 0. The van der Waals surface area contributed by atoms with Crippen LogP contribution in [0.3, 0.4) is 0 Å². The van der Waals surface area contributed by atoms with E-state index in [-0.39, 0.29) is 4.29 Å². The highest BCUT2D eigenvalue weighted by Crippen LogP contribution is 2.36. The molecule has 0 aliphatic heterocycles. The first-order chi connectivity index (χ1) is 4.71. The Bertz CT molecular complexity index is 98.7. The Morgan fingerprint density at radius 3 is 1.18 bits per heavy atom. The molecule has 0 radical (unpaired) electrons. The van der Waals surface area contributed by atoms with Crippen molar-refractivity contribution in [3.8, 4) is 0 Å². The van der Waals surface area contributed by atoms with Crippen molar-refractivity contribution in [3.63, 3.8) is 0 Å². The maximum atomic E-state index is 5.28. The third-order valence-corrected chi connectivity index (χ3v) is 1.90. The van der Waals surface area contributed by atoms with E-state index in [1.54, 1.807) is 0 Å². The van der Waals surface area contributed by atoms with Crippen molar-refractivity contribution >= 4 is 95.6 Å². The first-order valence-electron chi connectivity index (χ1n) is 2.42. The maximum absolute atomic E-state index is 5.28. The lowest BCUT2D eigenvalue weighted by molar-refractivity contribution is 0.156. The van der Waals surface area contributed by atoms with E-state index >= 15 is 0 Å². The van der Waals surface area contributed by atoms with Crippen LogP contribution in [0.2, 0.25) is 0 Å². The Morgan fingerprint density at radius 1 is 0.727 bits per heavy atom. The first kappa shape index (κ1) is 13.8. The van der Waals surface area contributed by atoms with Crippen LogP contribution < -0.4 is 0 Å². The number of halogens is 6. The number of alkyl halides is 6. The highest BCUT2D eigenvalue weighted by atomic mass is 80.0. The SMILES string of the molecule is BrC(Br)(Br)COCC(Br)(Br)Br. The average Bonchev–Trinajstić information content (AvgIpc) is 1.55. The van der Waals surface area contributed by atoms with E-state index in [1.165, 1.54) is 0 Å². The van der Waals surface area contributed by atoms with E-state index in [4.69, 9.17) is 4.74 Å². The fourth-order valence-corrected chi connectivity index (χ4v) is 1.25. The average molecular weight is 547 g/mol. The minimum atomic E-state index is -0.328. The molecule has 0 rings (SSSR count). The van der Waals surface area contributed by atoms with Gasteiger partial charge in [-0.1, -0.05) is 95.6 Å². The van der Waals surface area contributed by atoms with Crippen molar-refractivity contribution in [2.45, 2.75) is 4.29 Å². The summed E-state index contributed by atoms with van der Waals surface area (Å²) in [6.07, 6.45) is 0. The van der Waals surface area contributed by atoms with Crippen LogP contribution in [0.5, 0.6) is 0 Å². The van der Waals surface area contributed by atoms with Gasteiger partial charge in [0.2, 0.25) is 0 Å². The standard InChI is InChI=1S/C4H4Br6O/c5-3(6,7)1-11-2-4(8,9)10/h1-2H2. The second-order valence-electron chi connectivity index (χ2n) is 1.72. The fraction of sp³-hybridized carbons (Fsp3) is 1.00. The van der Waals surface area contributed by atoms with E-state index in [9.17, 15) is 0 Å². The Labute approximate surface area is 116 Å². The molecule has 1 nitrogen and oxygen atoms in total. The van der Waals surface area contributed by atoms with Gasteiger partial charge in [-0.3, -0.25) is 0 Å². The summed E-state index contributed by atoms with van der Waals surface area (Å²) in [7, 11) is 0. The second kappa shape index (κ2) is 5.66. The quantitative estimate of drug-likeness (QED) is 0.457. The van der Waals surface area contributed by atoms with Crippen LogP contribution in [0.1, 0.15) is 0 Å². The highest BCUT2D eigenvalue weighted by Gasteiger charge is 2.22. The molecule has 0 spiro atoms. The zero-order valence-corrected chi connectivity index (χ0v) is 14.6. The zero-order chi connectivity index (χ0) is 9.12. The summed E-state index contributed by atoms with van der Waals surface area (Å²) in [5, 5.41) is 0. The van der Waals surface area contributed by atoms with Crippen molar-refractivity contribution in [2.75, 3.05) is 13.2 Å². The van der Waals surface area contributed by atoms with Crippen LogP contribution in [0.15, 0.2) is 0 Å². The van der Waals surface area contributed by atoms with E-state index < -0.39 is 0 Å². The monoisotopic (exact) mass is 542 g/mol. The summed E-state index contributed by atoms with van der Waals surface area (Å²) >= 11 is 19.9. The Kier molecular flexibility index (Phi) is 7.12. The van der Waals surface area contributed by atoms with Gasteiger partial charge in [0.15, 0.2) is 4.29 Å². The van der Waals surface area contributed by atoms with Gasteiger partial charge in [0.1, 0.15) is 0 Å². The van der Waals surface area contributed by atoms with Gasteiger partial charge in [-0.25, -0.2) is 0 Å².